The topological polar surface area (TPSA) is 72.0 Å². The van der Waals surface area contributed by atoms with E-state index < -0.39 is 0 Å². The molecule has 7 heteroatoms. The van der Waals surface area contributed by atoms with Crippen LogP contribution in [0, 0.1) is 6.92 Å². The molecule has 0 aromatic carbocycles. The molecule has 1 fully saturated rings. The Balaban J connectivity index is 1.72. The summed E-state index contributed by atoms with van der Waals surface area (Å²) in [7, 11) is 0. The molecular weight excluding hydrogens is 344 g/mol. The van der Waals surface area contributed by atoms with Crippen molar-refractivity contribution >= 4 is 39.3 Å². The number of ether oxygens (including phenoxy) is 1. The quantitative estimate of drug-likeness (QED) is 0.491. The minimum Gasteiger partial charge on any atom is -0.462 e. The standard InChI is InChI=1S/C17H22N2O3S2/c1-3-13(16(21)22-11-7-5-4-6-8-11)24-17-18-14(20)12-9-10(2)23-15(12)19-17/h9,11,13H,3-8H2,1-2H3,(H,18,19,20). The van der Waals surface area contributed by atoms with Crippen molar-refractivity contribution in [2.24, 2.45) is 0 Å². The molecule has 1 unspecified atom stereocenters. The largest absolute Gasteiger partial charge is 0.462 e. The van der Waals surface area contributed by atoms with Crippen LogP contribution in [-0.2, 0) is 9.53 Å². The van der Waals surface area contributed by atoms with Gasteiger partial charge in [-0.15, -0.1) is 11.3 Å². The molecule has 1 N–H and O–H groups in total. The molecule has 2 aromatic rings. The molecule has 1 aliphatic rings. The highest BCUT2D eigenvalue weighted by atomic mass is 32.2. The number of aryl methyl sites for hydroxylation is 1. The highest BCUT2D eigenvalue weighted by molar-refractivity contribution is 8.00. The number of hydrogen-bond acceptors (Lipinski definition) is 6. The number of H-pyrrole nitrogens is 1. The zero-order valence-electron chi connectivity index (χ0n) is 14.0. The molecule has 0 bridgehead atoms. The summed E-state index contributed by atoms with van der Waals surface area (Å²) in [5.41, 5.74) is -0.151. The van der Waals surface area contributed by atoms with E-state index in [1.165, 1.54) is 29.5 Å². The number of nitrogens with one attached hydrogen (secondary N) is 1. The van der Waals surface area contributed by atoms with E-state index in [4.69, 9.17) is 4.74 Å². The minimum atomic E-state index is -0.339. The van der Waals surface area contributed by atoms with Gasteiger partial charge in [0.15, 0.2) is 5.16 Å². The second-order valence-electron chi connectivity index (χ2n) is 6.16. The first-order chi connectivity index (χ1) is 11.6. The first-order valence-corrected chi connectivity index (χ1v) is 10.1. The van der Waals surface area contributed by atoms with Crippen LogP contribution in [0.25, 0.3) is 10.2 Å². The van der Waals surface area contributed by atoms with E-state index in [9.17, 15) is 9.59 Å². The lowest BCUT2D eigenvalue weighted by molar-refractivity contribution is -0.149. The van der Waals surface area contributed by atoms with Gasteiger partial charge in [0, 0.05) is 4.88 Å². The third-order valence-corrected chi connectivity index (χ3v) is 6.40. The van der Waals surface area contributed by atoms with Gasteiger partial charge >= 0.3 is 5.97 Å². The van der Waals surface area contributed by atoms with Crippen LogP contribution in [-0.4, -0.2) is 27.3 Å². The summed E-state index contributed by atoms with van der Waals surface area (Å²) in [5, 5.41) is 0.759. The van der Waals surface area contributed by atoms with Gasteiger partial charge < -0.3 is 9.72 Å². The van der Waals surface area contributed by atoms with E-state index in [2.05, 4.69) is 9.97 Å². The normalized spacial score (nSPS) is 17.1. The van der Waals surface area contributed by atoms with Crippen molar-refractivity contribution in [2.45, 2.75) is 68.9 Å². The summed E-state index contributed by atoms with van der Waals surface area (Å²) in [6, 6.07) is 1.84. The zero-order valence-corrected chi connectivity index (χ0v) is 15.6. The molecule has 2 aromatic heterocycles. The lowest BCUT2D eigenvalue weighted by atomic mass is 9.98. The van der Waals surface area contributed by atoms with E-state index in [0.29, 0.717) is 21.8 Å². The molecule has 0 saturated heterocycles. The Hall–Kier alpha value is -1.34. The highest BCUT2D eigenvalue weighted by Gasteiger charge is 2.25. The van der Waals surface area contributed by atoms with Crippen LogP contribution >= 0.6 is 23.1 Å². The molecule has 1 aliphatic carbocycles. The van der Waals surface area contributed by atoms with Crippen LogP contribution in [0.5, 0.6) is 0 Å². The third kappa shape index (κ3) is 4.00. The van der Waals surface area contributed by atoms with Crippen molar-refractivity contribution in [3.8, 4) is 0 Å². The summed E-state index contributed by atoms with van der Waals surface area (Å²) in [6.45, 7) is 3.90. The van der Waals surface area contributed by atoms with Crippen molar-refractivity contribution in [3.63, 3.8) is 0 Å². The van der Waals surface area contributed by atoms with Gasteiger partial charge in [0.1, 0.15) is 16.2 Å². The van der Waals surface area contributed by atoms with Gasteiger partial charge in [0.05, 0.1) is 5.39 Å². The Kier molecular flexibility index (Phi) is 5.61. The molecule has 24 heavy (non-hydrogen) atoms. The highest BCUT2D eigenvalue weighted by Crippen LogP contribution is 2.28. The second kappa shape index (κ2) is 7.70. The number of esters is 1. The zero-order chi connectivity index (χ0) is 17.1. The number of nitrogens with zero attached hydrogens (tertiary/aromatic N) is 1. The average Bonchev–Trinajstić information content (AvgIpc) is 2.94. The van der Waals surface area contributed by atoms with E-state index >= 15 is 0 Å². The minimum absolute atomic E-state index is 0.0512. The number of thiophene rings is 1. The summed E-state index contributed by atoms with van der Waals surface area (Å²) in [6.07, 6.45) is 6.10. The fourth-order valence-corrected chi connectivity index (χ4v) is 4.77. The monoisotopic (exact) mass is 366 g/mol. The van der Waals surface area contributed by atoms with Crippen LogP contribution in [0.2, 0.25) is 0 Å². The number of aromatic nitrogens is 2. The predicted molar refractivity (Wildman–Crippen MR) is 97.9 cm³/mol. The molecule has 130 valence electrons. The maximum atomic E-state index is 12.4. The van der Waals surface area contributed by atoms with Crippen molar-refractivity contribution in [2.75, 3.05) is 0 Å². The van der Waals surface area contributed by atoms with Crippen molar-refractivity contribution < 1.29 is 9.53 Å². The molecule has 0 amide bonds. The van der Waals surface area contributed by atoms with Crippen molar-refractivity contribution in [3.05, 3.63) is 21.3 Å². The molecule has 1 saturated carbocycles. The molecule has 3 rings (SSSR count). The number of hydrogen-bond donors (Lipinski definition) is 1. The van der Waals surface area contributed by atoms with Gasteiger partial charge in [-0.1, -0.05) is 25.1 Å². The summed E-state index contributed by atoms with van der Waals surface area (Å²) in [4.78, 5) is 33.6. The molecule has 0 aliphatic heterocycles. The van der Waals surface area contributed by atoms with Crippen molar-refractivity contribution in [1.29, 1.82) is 0 Å². The van der Waals surface area contributed by atoms with Gasteiger partial charge in [-0.2, -0.15) is 0 Å². The predicted octanol–water partition coefficient (Wildman–Crippen LogP) is 4.04. The van der Waals surface area contributed by atoms with E-state index in [0.717, 1.165) is 30.6 Å². The number of carbonyl (C=O) groups excluding carboxylic acids is 1. The lowest BCUT2D eigenvalue weighted by Gasteiger charge is -2.23. The third-order valence-electron chi connectivity index (χ3n) is 4.23. The van der Waals surface area contributed by atoms with E-state index in [1.54, 1.807) is 0 Å². The number of thioether (sulfide) groups is 1. The summed E-state index contributed by atoms with van der Waals surface area (Å²) >= 11 is 2.78. The Morgan fingerprint density at radius 3 is 2.92 bits per heavy atom. The molecule has 2 heterocycles. The van der Waals surface area contributed by atoms with Crippen LogP contribution in [0.15, 0.2) is 16.0 Å². The van der Waals surface area contributed by atoms with Gasteiger partial charge in [-0.25, -0.2) is 4.98 Å². The fourth-order valence-electron chi connectivity index (χ4n) is 2.94. The fraction of sp³-hybridized carbons (Fsp3) is 0.588. The lowest BCUT2D eigenvalue weighted by Crippen LogP contribution is -2.27. The first kappa shape index (κ1) is 17.5. The summed E-state index contributed by atoms with van der Waals surface area (Å²) < 4.78 is 5.66. The van der Waals surface area contributed by atoms with Crippen LogP contribution in [0.1, 0.15) is 50.3 Å². The number of rotatable bonds is 5. The smallest absolute Gasteiger partial charge is 0.319 e. The van der Waals surface area contributed by atoms with Gasteiger partial charge in [-0.05, 0) is 45.1 Å². The second-order valence-corrected chi connectivity index (χ2v) is 8.58. The van der Waals surface area contributed by atoms with Crippen LogP contribution in [0.4, 0.5) is 0 Å². The van der Waals surface area contributed by atoms with E-state index in [-0.39, 0.29) is 22.9 Å². The average molecular weight is 367 g/mol. The van der Waals surface area contributed by atoms with Crippen LogP contribution in [0.3, 0.4) is 0 Å². The Morgan fingerprint density at radius 2 is 2.21 bits per heavy atom. The molecular formula is C17H22N2O3S2. The molecule has 5 nitrogen and oxygen atoms in total. The first-order valence-electron chi connectivity index (χ1n) is 8.44. The number of carbonyl (C=O) groups is 1. The molecule has 1 atom stereocenters. The maximum absolute atomic E-state index is 12.4. The van der Waals surface area contributed by atoms with Gasteiger partial charge in [0.2, 0.25) is 0 Å². The Morgan fingerprint density at radius 1 is 1.46 bits per heavy atom. The van der Waals surface area contributed by atoms with Crippen molar-refractivity contribution in [1.82, 2.24) is 9.97 Å². The van der Waals surface area contributed by atoms with E-state index in [1.807, 2.05) is 19.9 Å². The Bertz CT molecular complexity index is 778. The van der Waals surface area contributed by atoms with Crippen LogP contribution < -0.4 is 5.56 Å². The Labute approximate surface area is 149 Å². The number of aromatic amines is 1. The summed E-state index contributed by atoms with van der Waals surface area (Å²) in [5.74, 6) is -0.195. The van der Waals surface area contributed by atoms with Gasteiger partial charge in [0.25, 0.3) is 5.56 Å². The SMILES string of the molecule is CCC(Sc1nc2sc(C)cc2c(=O)[nH]1)C(=O)OC1CCCCC1. The van der Waals surface area contributed by atoms with Gasteiger partial charge in [-0.3, -0.25) is 9.59 Å². The molecule has 0 radical (unpaired) electrons. The number of fused-ring (bicyclic) bond motifs is 1. The molecule has 0 spiro atoms. The maximum Gasteiger partial charge on any atom is 0.319 e.